The molecule has 2 fully saturated rings. The van der Waals surface area contributed by atoms with Crippen LogP contribution in [-0.4, -0.2) is 151 Å². The summed E-state index contributed by atoms with van der Waals surface area (Å²) in [7, 11) is -5.65. The van der Waals surface area contributed by atoms with Gasteiger partial charge >= 0.3 is 12.2 Å². The van der Waals surface area contributed by atoms with Crippen LogP contribution in [-0.2, 0) is 18.3 Å². The summed E-state index contributed by atoms with van der Waals surface area (Å²) in [4.78, 5) is 32.7. The molecule has 0 saturated carbocycles. The Labute approximate surface area is 420 Å². The summed E-state index contributed by atoms with van der Waals surface area (Å²) in [5, 5.41) is 4.16. The Hall–Kier alpha value is -4.45. The van der Waals surface area contributed by atoms with Crippen molar-refractivity contribution in [3.05, 3.63) is 121 Å². The van der Waals surface area contributed by atoms with Crippen molar-refractivity contribution in [2.45, 2.75) is 117 Å². The molecule has 2 atom stereocenters. The summed E-state index contributed by atoms with van der Waals surface area (Å²) >= 11 is 0. The SMILES string of the molecule is CC(C)(C)OC(=O)N1CCN(C[C@@H](CF)O[Si](c2ccccc2)(c2ccccc2)C(C)(C)C)CC1.CC(C)(C)OC(=O)N1CCN(C[C@H](CF)O[Si](c2ccccc2)(c2ccccc2)C(C)(C)C)CC1. The van der Waals surface area contributed by atoms with Gasteiger partial charge in [-0.3, -0.25) is 9.80 Å². The summed E-state index contributed by atoms with van der Waals surface area (Å²) in [5.41, 5.74) is -1.03. The number of piperazine rings is 2. The van der Waals surface area contributed by atoms with Gasteiger partial charge in [0.2, 0.25) is 0 Å². The molecule has 0 unspecified atom stereocenters. The number of alkyl halides is 2. The van der Waals surface area contributed by atoms with Crippen molar-refractivity contribution in [1.82, 2.24) is 19.6 Å². The maximum atomic E-state index is 14.5. The van der Waals surface area contributed by atoms with Crippen LogP contribution >= 0.6 is 0 Å². The number of benzene rings is 4. The highest BCUT2D eigenvalue weighted by Crippen LogP contribution is 2.39. The molecule has 14 heteroatoms. The average molecular weight is 1000 g/mol. The lowest BCUT2D eigenvalue weighted by molar-refractivity contribution is 0.00886. The van der Waals surface area contributed by atoms with Crippen LogP contribution in [0.2, 0.25) is 10.1 Å². The van der Waals surface area contributed by atoms with E-state index in [2.05, 4.69) is 99.9 Å². The Morgan fingerprint density at radius 1 is 0.443 bits per heavy atom. The largest absolute Gasteiger partial charge is 0.444 e. The second kappa shape index (κ2) is 24.3. The molecule has 0 bridgehead atoms. The lowest BCUT2D eigenvalue weighted by Crippen LogP contribution is -2.68. The zero-order valence-electron chi connectivity index (χ0n) is 44.2. The number of nitrogens with zero attached hydrogens (tertiary/aromatic N) is 4. The van der Waals surface area contributed by atoms with Crippen LogP contribution in [0.5, 0.6) is 0 Å². The number of ether oxygens (including phenoxy) is 2. The van der Waals surface area contributed by atoms with Crippen molar-refractivity contribution in [3.8, 4) is 0 Å². The lowest BCUT2D eigenvalue weighted by atomic mass is 10.2. The van der Waals surface area contributed by atoms with Gasteiger partial charge in [0.1, 0.15) is 24.6 Å². The lowest BCUT2D eigenvalue weighted by Gasteiger charge is -2.45. The van der Waals surface area contributed by atoms with E-state index in [-0.39, 0.29) is 22.3 Å². The van der Waals surface area contributed by atoms with Crippen LogP contribution in [0.4, 0.5) is 18.4 Å². The third-order valence-electron chi connectivity index (χ3n) is 12.8. The van der Waals surface area contributed by atoms with E-state index in [1.807, 2.05) is 114 Å². The molecule has 2 amide bonds. The predicted octanol–water partition coefficient (Wildman–Crippen LogP) is 8.91. The van der Waals surface area contributed by atoms with Gasteiger partial charge < -0.3 is 28.1 Å². The van der Waals surface area contributed by atoms with Crippen LogP contribution < -0.4 is 20.7 Å². The molecule has 2 aliphatic heterocycles. The molecular weight excluding hydrogens is 919 g/mol. The highest BCUT2D eigenvalue weighted by atomic mass is 28.4. The van der Waals surface area contributed by atoms with Crippen LogP contribution in [0.25, 0.3) is 0 Å². The van der Waals surface area contributed by atoms with E-state index < -0.39 is 53.4 Å². The standard InChI is InChI=1S/2C28H41FN2O3Si/c2*1-27(2,3)33-26(32)31-19-17-30(18-20-31)22-23(21-29)34-35(28(4,5)6,24-13-9-7-10-14-24)25-15-11-8-12-16-25/h2*7-16,23H,17-22H2,1-6H3/t2*23-/m10/s1. The fourth-order valence-electron chi connectivity index (χ4n) is 9.57. The maximum Gasteiger partial charge on any atom is 0.410 e. The summed E-state index contributed by atoms with van der Waals surface area (Å²) in [6, 6.07) is 41.3. The fourth-order valence-corrected chi connectivity index (χ4v) is 18.9. The topological polar surface area (TPSA) is 84.0 Å². The van der Waals surface area contributed by atoms with Crippen molar-refractivity contribution in [2.75, 3.05) is 78.8 Å². The number of carbonyl (C=O) groups excluding carboxylic acids is 2. The summed E-state index contributed by atoms with van der Waals surface area (Å²) in [6.45, 7) is 29.2. The predicted molar refractivity (Wildman–Crippen MR) is 285 cm³/mol. The van der Waals surface area contributed by atoms with Gasteiger partial charge in [-0.1, -0.05) is 163 Å². The van der Waals surface area contributed by atoms with E-state index in [0.29, 0.717) is 65.4 Å². The molecule has 2 heterocycles. The molecule has 2 saturated heterocycles. The summed E-state index contributed by atoms with van der Waals surface area (Å²) < 4.78 is 54.1. The van der Waals surface area contributed by atoms with Crippen molar-refractivity contribution in [3.63, 3.8) is 0 Å². The van der Waals surface area contributed by atoms with Gasteiger partial charge in [-0.05, 0) is 72.4 Å². The molecule has 0 N–H and O–H groups in total. The van der Waals surface area contributed by atoms with E-state index in [1.165, 1.54) is 0 Å². The first-order valence-corrected chi connectivity index (χ1v) is 28.8. The Bertz CT molecular complexity index is 1950. The monoisotopic (exact) mass is 1000 g/mol. The van der Waals surface area contributed by atoms with Crippen molar-refractivity contribution >= 4 is 49.6 Å². The van der Waals surface area contributed by atoms with Crippen LogP contribution in [0, 0.1) is 0 Å². The van der Waals surface area contributed by atoms with Crippen LogP contribution in [0.3, 0.4) is 0 Å². The Morgan fingerprint density at radius 3 is 0.886 bits per heavy atom. The molecule has 0 aliphatic carbocycles. The molecule has 70 heavy (non-hydrogen) atoms. The third kappa shape index (κ3) is 14.8. The molecular formula is C56H82F2N4O6Si2. The van der Waals surface area contributed by atoms with Gasteiger partial charge in [-0.15, -0.1) is 0 Å². The van der Waals surface area contributed by atoms with E-state index in [1.54, 1.807) is 9.80 Å². The number of hydrogen-bond donors (Lipinski definition) is 0. The first-order valence-electron chi connectivity index (χ1n) is 25.0. The summed E-state index contributed by atoms with van der Waals surface area (Å²) in [5.74, 6) is 0. The zero-order chi connectivity index (χ0) is 51.4. The third-order valence-corrected chi connectivity index (χ3v) is 23.0. The molecule has 0 aromatic heterocycles. The van der Waals surface area contributed by atoms with Gasteiger partial charge in [-0.2, -0.15) is 0 Å². The Balaban J connectivity index is 0.000000261. The number of hydrogen-bond acceptors (Lipinski definition) is 8. The molecule has 0 radical (unpaired) electrons. The Morgan fingerprint density at radius 2 is 0.686 bits per heavy atom. The highest BCUT2D eigenvalue weighted by Gasteiger charge is 2.53. The second-order valence-corrected chi connectivity index (χ2v) is 31.2. The van der Waals surface area contributed by atoms with Gasteiger partial charge in [0.15, 0.2) is 0 Å². The van der Waals surface area contributed by atoms with Crippen molar-refractivity contribution in [1.29, 1.82) is 0 Å². The van der Waals surface area contributed by atoms with Gasteiger partial charge in [0.25, 0.3) is 16.6 Å². The second-order valence-electron chi connectivity index (χ2n) is 22.7. The zero-order valence-corrected chi connectivity index (χ0v) is 46.2. The maximum absolute atomic E-state index is 14.5. The van der Waals surface area contributed by atoms with E-state index in [9.17, 15) is 18.4 Å². The molecule has 384 valence electrons. The smallest absolute Gasteiger partial charge is 0.410 e. The summed E-state index contributed by atoms with van der Waals surface area (Å²) in [6.07, 6.45) is -1.70. The highest BCUT2D eigenvalue weighted by molar-refractivity contribution is 7.00. The quantitative estimate of drug-likeness (QED) is 0.116. The van der Waals surface area contributed by atoms with Crippen molar-refractivity contribution < 1.29 is 36.7 Å². The number of carbonyl (C=O) groups is 2. The van der Waals surface area contributed by atoms with Crippen LogP contribution in [0.15, 0.2) is 121 Å². The van der Waals surface area contributed by atoms with Gasteiger partial charge in [-0.25, -0.2) is 18.4 Å². The first kappa shape index (κ1) is 56.5. The number of halogens is 2. The van der Waals surface area contributed by atoms with Gasteiger partial charge in [0, 0.05) is 65.4 Å². The molecule has 0 spiro atoms. The molecule has 6 rings (SSSR count). The molecule has 2 aliphatic rings. The minimum atomic E-state index is -2.83. The van der Waals surface area contributed by atoms with E-state index >= 15 is 0 Å². The molecule has 10 nitrogen and oxygen atoms in total. The molecule has 4 aromatic carbocycles. The van der Waals surface area contributed by atoms with Gasteiger partial charge in [0.05, 0.1) is 12.2 Å². The minimum Gasteiger partial charge on any atom is -0.444 e. The van der Waals surface area contributed by atoms with Crippen LogP contribution in [0.1, 0.15) is 83.1 Å². The van der Waals surface area contributed by atoms with E-state index in [0.717, 1.165) is 20.7 Å². The normalized spacial score (nSPS) is 16.7. The number of amides is 2. The number of rotatable bonds is 14. The Kier molecular flexibility index (Phi) is 19.6. The molecule has 4 aromatic rings. The minimum absolute atomic E-state index is 0.210. The fraction of sp³-hybridized carbons (Fsp3) is 0.536. The average Bonchev–Trinajstić information content (AvgIpc) is 3.31. The van der Waals surface area contributed by atoms with E-state index in [4.69, 9.17) is 18.3 Å². The van der Waals surface area contributed by atoms with Crippen molar-refractivity contribution in [2.24, 2.45) is 0 Å². The first-order chi connectivity index (χ1) is 32.9.